The minimum Gasteiger partial charge on any atom is -0.315 e. The standard InChI is InChI=1S/C15H17N3OS2/c1-10-4-2-3-5-12(10)14-17-13(8-21-14)15(19)18-9-20-7-11(18)6-16/h2-5,11,13-14,17H,7-9H2,1H3/t11-,13+,14?/m1/s1. The van der Waals surface area contributed by atoms with Crippen molar-refractivity contribution in [1.29, 1.82) is 5.26 Å². The fourth-order valence-electron chi connectivity index (χ4n) is 2.64. The van der Waals surface area contributed by atoms with Crippen LogP contribution in [0.4, 0.5) is 0 Å². The maximum atomic E-state index is 12.6. The lowest BCUT2D eigenvalue weighted by molar-refractivity contribution is -0.132. The van der Waals surface area contributed by atoms with E-state index in [4.69, 9.17) is 5.26 Å². The molecule has 2 fully saturated rings. The first-order valence-electron chi connectivity index (χ1n) is 6.91. The van der Waals surface area contributed by atoms with Gasteiger partial charge in [0.25, 0.3) is 0 Å². The molecular weight excluding hydrogens is 302 g/mol. The van der Waals surface area contributed by atoms with Crippen LogP contribution in [0.1, 0.15) is 16.5 Å². The van der Waals surface area contributed by atoms with Crippen molar-refractivity contribution >= 4 is 29.4 Å². The van der Waals surface area contributed by atoms with Crippen LogP contribution in [0.15, 0.2) is 24.3 Å². The van der Waals surface area contributed by atoms with Gasteiger partial charge in [0.1, 0.15) is 6.04 Å². The van der Waals surface area contributed by atoms with Crippen molar-refractivity contribution in [2.45, 2.75) is 24.4 Å². The van der Waals surface area contributed by atoms with Crippen LogP contribution in [-0.2, 0) is 4.79 Å². The van der Waals surface area contributed by atoms with Crippen LogP contribution in [0.3, 0.4) is 0 Å². The summed E-state index contributed by atoms with van der Waals surface area (Å²) in [6.07, 6.45) is 0. The summed E-state index contributed by atoms with van der Waals surface area (Å²) in [5.74, 6) is 2.19. The van der Waals surface area contributed by atoms with Crippen molar-refractivity contribution in [3.05, 3.63) is 35.4 Å². The van der Waals surface area contributed by atoms with Crippen molar-refractivity contribution in [2.75, 3.05) is 17.4 Å². The van der Waals surface area contributed by atoms with E-state index in [1.165, 1.54) is 11.1 Å². The lowest BCUT2D eigenvalue weighted by Crippen LogP contribution is -2.47. The maximum Gasteiger partial charge on any atom is 0.242 e. The molecule has 0 aromatic heterocycles. The zero-order valence-corrected chi connectivity index (χ0v) is 13.4. The monoisotopic (exact) mass is 319 g/mol. The Morgan fingerprint density at radius 2 is 2.24 bits per heavy atom. The lowest BCUT2D eigenvalue weighted by Gasteiger charge is -2.23. The minimum atomic E-state index is -0.271. The molecule has 4 nitrogen and oxygen atoms in total. The summed E-state index contributed by atoms with van der Waals surface area (Å²) in [6, 6.07) is 10.0. The number of hydrogen-bond donors (Lipinski definition) is 1. The van der Waals surface area contributed by atoms with Gasteiger partial charge in [0.05, 0.1) is 23.4 Å². The normalized spacial score (nSPS) is 28.6. The number of hydrogen-bond acceptors (Lipinski definition) is 5. The van der Waals surface area contributed by atoms with Crippen molar-refractivity contribution in [3.8, 4) is 6.07 Å². The number of nitrogens with one attached hydrogen (secondary N) is 1. The van der Waals surface area contributed by atoms with E-state index >= 15 is 0 Å². The molecule has 1 unspecified atom stereocenters. The number of carbonyl (C=O) groups is 1. The zero-order chi connectivity index (χ0) is 14.8. The molecule has 1 aromatic carbocycles. The molecule has 1 N–H and O–H groups in total. The van der Waals surface area contributed by atoms with Crippen LogP contribution in [-0.4, -0.2) is 40.3 Å². The third kappa shape index (κ3) is 2.91. The molecule has 3 rings (SSSR count). The summed E-state index contributed by atoms with van der Waals surface area (Å²) in [5.41, 5.74) is 2.48. The van der Waals surface area contributed by atoms with Crippen molar-refractivity contribution in [2.24, 2.45) is 0 Å². The number of carbonyl (C=O) groups excluding carboxylic acids is 1. The van der Waals surface area contributed by atoms with Gasteiger partial charge < -0.3 is 4.90 Å². The Morgan fingerprint density at radius 1 is 1.43 bits per heavy atom. The van der Waals surface area contributed by atoms with Gasteiger partial charge in [-0.1, -0.05) is 24.3 Å². The Bertz CT molecular complexity index is 587. The Kier molecular flexibility index (Phi) is 4.43. The highest BCUT2D eigenvalue weighted by Crippen LogP contribution is 2.35. The Balaban J connectivity index is 1.69. The molecule has 2 saturated heterocycles. The van der Waals surface area contributed by atoms with E-state index in [0.29, 0.717) is 5.88 Å². The Morgan fingerprint density at radius 3 is 3.00 bits per heavy atom. The molecule has 1 amide bonds. The number of thioether (sulfide) groups is 2. The minimum absolute atomic E-state index is 0.0649. The van der Waals surface area contributed by atoms with E-state index in [0.717, 1.165) is 11.5 Å². The second-order valence-corrected chi connectivity index (χ2v) is 7.38. The molecule has 0 radical (unpaired) electrons. The van der Waals surface area contributed by atoms with Crippen LogP contribution < -0.4 is 5.32 Å². The van der Waals surface area contributed by atoms with E-state index in [1.807, 2.05) is 12.1 Å². The average molecular weight is 319 g/mol. The number of rotatable bonds is 2. The first-order valence-corrected chi connectivity index (χ1v) is 9.12. The van der Waals surface area contributed by atoms with Crippen molar-refractivity contribution in [3.63, 3.8) is 0 Å². The summed E-state index contributed by atoms with van der Waals surface area (Å²) in [5, 5.41) is 12.7. The largest absolute Gasteiger partial charge is 0.315 e. The van der Waals surface area contributed by atoms with E-state index in [2.05, 4.69) is 30.4 Å². The molecule has 21 heavy (non-hydrogen) atoms. The van der Waals surface area contributed by atoms with Gasteiger partial charge in [-0.3, -0.25) is 10.1 Å². The molecule has 2 aliphatic rings. The number of benzene rings is 1. The van der Waals surface area contributed by atoms with E-state index in [-0.39, 0.29) is 23.4 Å². The molecule has 1 aromatic rings. The highest BCUT2D eigenvalue weighted by atomic mass is 32.2. The summed E-state index contributed by atoms with van der Waals surface area (Å²) >= 11 is 3.41. The third-order valence-electron chi connectivity index (χ3n) is 3.87. The highest BCUT2D eigenvalue weighted by molar-refractivity contribution is 8.00. The van der Waals surface area contributed by atoms with E-state index in [9.17, 15) is 4.79 Å². The second kappa shape index (κ2) is 6.30. The lowest BCUT2D eigenvalue weighted by atomic mass is 10.1. The fraction of sp³-hybridized carbons (Fsp3) is 0.467. The van der Waals surface area contributed by atoms with Crippen molar-refractivity contribution < 1.29 is 4.79 Å². The van der Waals surface area contributed by atoms with Gasteiger partial charge in [-0.25, -0.2) is 0 Å². The summed E-state index contributed by atoms with van der Waals surface area (Å²) in [7, 11) is 0. The molecule has 2 heterocycles. The van der Waals surface area contributed by atoms with Gasteiger partial charge >= 0.3 is 0 Å². The second-order valence-electron chi connectivity index (χ2n) is 5.24. The highest BCUT2D eigenvalue weighted by Gasteiger charge is 2.38. The average Bonchev–Trinajstić information content (AvgIpc) is 3.16. The summed E-state index contributed by atoms with van der Waals surface area (Å²) < 4.78 is 0. The molecule has 110 valence electrons. The third-order valence-corrected chi connectivity index (χ3v) is 6.13. The molecule has 0 bridgehead atoms. The fourth-order valence-corrected chi connectivity index (χ4v) is 5.06. The molecule has 0 spiro atoms. The molecule has 3 atom stereocenters. The number of nitrogens with zero attached hydrogens (tertiary/aromatic N) is 2. The molecule has 0 saturated carbocycles. The van der Waals surface area contributed by atoms with Gasteiger partial charge in [-0.15, -0.1) is 23.5 Å². The summed E-state index contributed by atoms with van der Waals surface area (Å²) in [6.45, 7) is 2.09. The zero-order valence-electron chi connectivity index (χ0n) is 11.8. The van der Waals surface area contributed by atoms with Crippen LogP contribution in [0.5, 0.6) is 0 Å². The smallest absolute Gasteiger partial charge is 0.242 e. The quantitative estimate of drug-likeness (QED) is 0.905. The van der Waals surface area contributed by atoms with Gasteiger partial charge in [-0.2, -0.15) is 5.26 Å². The Labute approximate surface area is 133 Å². The predicted octanol–water partition coefficient (Wildman–Crippen LogP) is 2.12. The van der Waals surface area contributed by atoms with Gasteiger partial charge in [0.15, 0.2) is 0 Å². The number of nitriles is 1. The molecule has 2 aliphatic heterocycles. The predicted molar refractivity (Wildman–Crippen MR) is 86.9 cm³/mol. The first-order chi connectivity index (χ1) is 10.2. The molecule has 6 heteroatoms. The van der Waals surface area contributed by atoms with Gasteiger partial charge in [0, 0.05) is 11.5 Å². The topological polar surface area (TPSA) is 56.1 Å². The SMILES string of the molecule is Cc1ccccc1C1N[C@H](C(=O)N2CSC[C@H]2C#N)CS1. The van der Waals surface area contributed by atoms with Crippen LogP contribution >= 0.6 is 23.5 Å². The van der Waals surface area contributed by atoms with Gasteiger partial charge in [-0.05, 0) is 18.1 Å². The maximum absolute atomic E-state index is 12.6. The van der Waals surface area contributed by atoms with Crippen LogP contribution in [0.2, 0.25) is 0 Å². The van der Waals surface area contributed by atoms with Gasteiger partial charge in [0.2, 0.25) is 5.91 Å². The first kappa shape index (κ1) is 14.8. The Hall–Kier alpha value is -1.16. The van der Waals surface area contributed by atoms with E-state index in [1.54, 1.807) is 28.4 Å². The van der Waals surface area contributed by atoms with E-state index < -0.39 is 0 Å². The van der Waals surface area contributed by atoms with Crippen LogP contribution in [0.25, 0.3) is 0 Å². The molecule has 0 aliphatic carbocycles. The number of aryl methyl sites for hydroxylation is 1. The number of amides is 1. The van der Waals surface area contributed by atoms with Crippen molar-refractivity contribution in [1.82, 2.24) is 10.2 Å². The summed E-state index contributed by atoms with van der Waals surface area (Å²) in [4.78, 5) is 14.3. The molecular formula is C15H17N3OS2. The van der Waals surface area contributed by atoms with Crippen LogP contribution in [0, 0.1) is 18.3 Å².